The number of thioether (sulfide) groups is 1. The van der Waals surface area contributed by atoms with E-state index in [9.17, 15) is 4.39 Å². The van der Waals surface area contributed by atoms with Crippen LogP contribution in [0.25, 0.3) is 0 Å². The fourth-order valence-corrected chi connectivity index (χ4v) is 2.70. The molecule has 1 fully saturated rings. The average Bonchev–Trinajstić information content (AvgIpc) is 2.65. The summed E-state index contributed by atoms with van der Waals surface area (Å²) in [5.41, 5.74) is 6.05. The molecular formula is C11H14FNOS. The maximum Gasteiger partial charge on any atom is 0.126 e. The number of benzene rings is 1. The van der Waals surface area contributed by atoms with E-state index in [0.717, 1.165) is 30.3 Å². The Balaban J connectivity index is 1.92. The summed E-state index contributed by atoms with van der Waals surface area (Å²) in [6.45, 7) is 1.69. The van der Waals surface area contributed by atoms with Crippen molar-refractivity contribution in [3.05, 3.63) is 24.0 Å². The van der Waals surface area contributed by atoms with Crippen LogP contribution < -0.4 is 5.73 Å². The highest BCUT2D eigenvalue weighted by Crippen LogP contribution is 2.26. The summed E-state index contributed by atoms with van der Waals surface area (Å²) in [6.07, 6.45) is 1.11. The van der Waals surface area contributed by atoms with E-state index in [4.69, 9.17) is 10.5 Å². The van der Waals surface area contributed by atoms with Crippen LogP contribution in [0.4, 0.5) is 10.1 Å². The van der Waals surface area contributed by atoms with Crippen LogP contribution in [0.3, 0.4) is 0 Å². The van der Waals surface area contributed by atoms with E-state index >= 15 is 0 Å². The minimum atomic E-state index is -0.264. The monoisotopic (exact) mass is 227 g/mol. The van der Waals surface area contributed by atoms with Gasteiger partial charge in [0.05, 0.1) is 6.61 Å². The number of ether oxygens (including phenoxy) is 1. The Kier molecular flexibility index (Phi) is 3.49. The quantitative estimate of drug-likeness (QED) is 0.636. The molecule has 4 heteroatoms. The molecule has 1 aliphatic heterocycles. The Morgan fingerprint density at radius 3 is 3.00 bits per heavy atom. The van der Waals surface area contributed by atoms with Crippen molar-refractivity contribution in [2.24, 2.45) is 5.92 Å². The highest BCUT2D eigenvalue weighted by Gasteiger charge is 2.15. The van der Waals surface area contributed by atoms with Crippen LogP contribution in [-0.4, -0.2) is 19.0 Å². The molecule has 0 bridgehead atoms. The summed E-state index contributed by atoms with van der Waals surface area (Å²) < 4.78 is 18.3. The van der Waals surface area contributed by atoms with E-state index < -0.39 is 0 Å². The molecule has 1 aliphatic rings. The molecule has 0 saturated carbocycles. The standard InChI is InChI=1S/C11H14FNOS/c12-9-3-10(13)5-11(4-9)15-7-8-1-2-14-6-8/h3-5,8H,1-2,6-7,13H2. The Bertz CT molecular complexity index is 319. The fourth-order valence-electron chi connectivity index (χ4n) is 1.60. The van der Waals surface area contributed by atoms with Crippen molar-refractivity contribution in [2.45, 2.75) is 11.3 Å². The number of hydrogen-bond acceptors (Lipinski definition) is 3. The number of halogens is 1. The average molecular weight is 227 g/mol. The molecule has 0 spiro atoms. The summed E-state index contributed by atoms with van der Waals surface area (Å²) in [5, 5.41) is 0. The van der Waals surface area contributed by atoms with E-state index in [-0.39, 0.29) is 5.82 Å². The molecule has 2 rings (SSSR count). The van der Waals surface area contributed by atoms with Crippen LogP contribution in [0.15, 0.2) is 23.1 Å². The molecular weight excluding hydrogens is 213 g/mol. The molecule has 2 N–H and O–H groups in total. The number of anilines is 1. The second-order valence-corrected chi connectivity index (χ2v) is 4.85. The van der Waals surface area contributed by atoms with E-state index in [2.05, 4.69) is 0 Å². The smallest absolute Gasteiger partial charge is 0.126 e. The van der Waals surface area contributed by atoms with Crippen molar-refractivity contribution < 1.29 is 9.13 Å². The first-order chi connectivity index (χ1) is 7.24. The van der Waals surface area contributed by atoms with Crippen LogP contribution >= 0.6 is 11.8 Å². The molecule has 2 nitrogen and oxygen atoms in total. The van der Waals surface area contributed by atoms with Gasteiger partial charge in [0, 0.05) is 22.9 Å². The third-order valence-electron chi connectivity index (χ3n) is 2.40. The SMILES string of the molecule is Nc1cc(F)cc(SCC2CCOC2)c1. The summed E-state index contributed by atoms with van der Waals surface area (Å²) in [5.74, 6) is 1.31. The third-order valence-corrected chi connectivity index (χ3v) is 3.61. The van der Waals surface area contributed by atoms with Crippen molar-refractivity contribution in [1.29, 1.82) is 0 Å². The molecule has 0 aliphatic carbocycles. The van der Waals surface area contributed by atoms with Gasteiger partial charge in [0.15, 0.2) is 0 Å². The number of nitrogens with two attached hydrogens (primary N) is 1. The maximum atomic E-state index is 13.0. The lowest BCUT2D eigenvalue weighted by Crippen LogP contribution is -2.02. The Morgan fingerprint density at radius 1 is 1.47 bits per heavy atom. The predicted octanol–water partition coefficient (Wildman–Crippen LogP) is 2.54. The summed E-state index contributed by atoms with van der Waals surface area (Å²) in [4.78, 5) is 0.902. The first-order valence-electron chi connectivity index (χ1n) is 5.00. The molecule has 82 valence electrons. The van der Waals surface area contributed by atoms with Gasteiger partial charge < -0.3 is 10.5 Å². The molecule has 1 aromatic rings. The largest absolute Gasteiger partial charge is 0.399 e. The zero-order chi connectivity index (χ0) is 10.7. The normalized spacial score (nSPS) is 20.7. The van der Waals surface area contributed by atoms with Crippen LogP contribution in [0.2, 0.25) is 0 Å². The number of rotatable bonds is 3. The van der Waals surface area contributed by atoms with Gasteiger partial charge in [-0.1, -0.05) is 0 Å². The predicted molar refractivity (Wildman–Crippen MR) is 60.5 cm³/mol. The van der Waals surface area contributed by atoms with E-state index in [1.165, 1.54) is 12.1 Å². The topological polar surface area (TPSA) is 35.2 Å². The maximum absolute atomic E-state index is 13.0. The lowest BCUT2D eigenvalue weighted by Gasteiger charge is -2.07. The second kappa shape index (κ2) is 4.86. The Hall–Kier alpha value is -0.740. The highest BCUT2D eigenvalue weighted by atomic mass is 32.2. The molecule has 0 radical (unpaired) electrons. The van der Waals surface area contributed by atoms with Gasteiger partial charge in [-0.3, -0.25) is 0 Å². The van der Waals surface area contributed by atoms with Crippen molar-refractivity contribution in [1.82, 2.24) is 0 Å². The molecule has 1 saturated heterocycles. The minimum Gasteiger partial charge on any atom is -0.399 e. The lowest BCUT2D eigenvalue weighted by atomic mass is 10.2. The van der Waals surface area contributed by atoms with Gasteiger partial charge in [0.25, 0.3) is 0 Å². The summed E-state index contributed by atoms with van der Waals surface area (Å²) in [6, 6.07) is 4.67. The van der Waals surface area contributed by atoms with Gasteiger partial charge in [0.2, 0.25) is 0 Å². The van der Waals surface area contributed by atoms with Crippen molar-refractivity contribution in [2.75, 3.05) is 24.7 Å². The second-order valence-electron chi connectivity index (χ2n) is 3.76. The van der Waals surface area contributed by atoms with Gasteiger partial charge in [0.1, 0.15) is 5.82 Å². The van der Waals surface area contributed by atoms with Gasteiger partial charge in [-0.15, -0.1) is 11.8 Å². The van der Waals surface area contributed by atoms with E-state index in [1.807, 2.05) is 6.07 Å². The first-order valence-corrected chi connectivity index (χ1v) is 5.99. The van der Waals surface area contributed by atoms with E-state index in [0.29, 0.717) is 11.6 Å². The number of hydrogen-bond donors (Lipinski definition) is 1. The van der Waals surface area contributed by atoms with Crippen LogP contribution in [0, 0.1) is 11.7 Å². The fraction of sp³-hybridized carbons (Fsp3) is 0.455. The van der Waals surface area contributed by atoms with Gasteiger partial charge in [-0.05, 0) is 30.5 Å². The Labute approximate surface area is 93.0 Å². The first kappa shape index (κ1) is 10.8. The molecule has 1 unspecified atom stereocenters. The molecule has 1 heterocycles. The van der Waals surface area contributed by atoms with Crippen LogP contribution in [0.5, 0.6) is 0 Å². The molecule has 0 amide bonds. The lowest BCUT2D eigenvalue weighted by molar-refractivity contribution is 0.189. The molecule has 1 aromatic carbocycles. The zero-order valence-electron chi connectivity index (χ0n) is 8.41. The van der Waals surface area contributed by atoms with Crippen molar-refractivity contribution in [3.63, 3.8) is 0 Å². The molecule has 1 atom stereocenters. The van der Waals surface area contributed by atoms with E-state index in [1.54, 1.807) is 11.8 Å². The third kappa shape index (κ3) is 3.11. The zero-order valence-corrected chi connectivity index (χ0v) is 9.23. The van der Waals surface area contributed by atoms with Crippen molar-refractivity contribution >= 4 is 17.4 Å². The minimum absolute atomic E-state index is 0.264. The van der Waals surface area contributed by atoms with Crippen LogP contribution in [0.1, 0.15) is 6.42 Å². The summed E-state index contributed by atoms with van der Waals surface area (Å²) in [7, 11) is 0. The molecule has 15 heavy (non-hydrogen) atoms. The van der Waals surface area contributed by atoms with Gasteiger partial charge >= 0.3 is 0 Å². The highest BCUT2D eigenvalue weighted by molar-refractivity contribution is 7.99. The van der Waals surface area contributed by atoms with Gasteiger partial charge in [-0.2, -0.15) is 0 Å². The van der Waals surface area contributed by atoms with Gasteiger partial charge in [-0.25, -0.2) is 4.39 Å². The summed E-state index contributed by atoms with van der Waals surface area (Å²) >= 11 is 1.65. The van der Waals surface area contributed by atoms with Crippen LogP contribution in [-0.2, 0) is 4.74 Å². The molecule has 0 aromatic heterocycles. The number of nitrogen functional groups attached to an aromatic ring is 1. The Morgan fingerprint density at radius 2 is 2.33 bits per heavy atom. The van der Waals surface area contributed by atoms with Crippen molar-refractivity contribution in [3.8, 4) is 0 Å².